The van der Waals surface area contributed by atoms with Crippen LogP contribution in [0.3, 0.4) is 0 Å². The summed E-state index contributed by atoms with van der Waals surface area (Å²) < 4.78 is 2.42. The van der Waals surface area contributed by atoms with Crippen molar-refractivity contribution in [3.8, 4) is 0 Å². The molecule has 5 rings (SSSR count). The Balaban J connectivity index is 1.57. The number of rotatable bonds is 1. The summed E-state index contributed by atoms with van der Waals surface area (Å²) in [4.78, 5) is 15.0. The highest BCUT2D eigenvalue weighted by Gasteiger charge is 2.35. The Morgan fingerprint density at radius 3 is 2.86 bits per heavy atom. The molecular weight excluding hydrogens is 332 g/mol. The summed E-state index contributed by atoms with van der Waals surface area (Å²) in [5, 5.41) is 8.38. The molecule has 2 bridgehead atoms. The summed E-state index contributed by atoms with van der Waals surface area (Å²) in [6, 6.07) is 5.98. The van der Waals surface area contributed by atoms with Crippen LogP contribution in [0.15, 0.2) is 28.9 Å². The second-order valence-electron chi connectivity index (χ2n) is 5.95. The molecule has 110 valence electrons. The van der Waals surface area contributed by atoms with Crippen molar-refractivity contribution in [2.45, 2.75) is 18.9 Å². The highest BCUT2D eigenvalue weighted by Crippen LogP contribution is 2.27. The Morgan fingerprint density at radius 2 is 2.14 bits per heavy atom. The number of nitrogens with zero attached hydrogens (tertiary/aromatic N) is 3. The lowest BCUT2D eigenvalue weighted by Crippen LogP contribution is -2.57. The fourth-order valence-electron chi connectivity index (χ4n) is 3.50. The number of halogens is 1. The molecule has 5 nitrogen and oxygen atoms in total. The van der Waals surface area contributed by atoms with Gasteiger partial charge in [-0.2, -0.15) is 9.78 Å². The molecule has 3 aliphatic heterocycles. The number of piperidine rings is 3. The van der Waals surface area contributed by atoms with Gasteiger partial charge in [0.2, 0.25) is 0 Å². The molecule has 1 aromatic heterocycles. The lowest BCUT2D eigenvalue weighted by molar-refractivity contribution is 0.0766. The number of fused-ring (bicyclic) bond motifs is 4. The third-order valence-electron chi connectivity index (χ3n) is 4.69. The Hall–Kier alpha value is -1.40. The zero-order chi connectivity index (χ0) is 14.4. The summed E-state index contributed by atoms with van der Waals surface area (Å²) in [5.74, 6) is 0.618. The Labute approximate surface area is 131 Å². The van der Waals surface area contributed by atoms with Crippen molar-refractivity contribution in [3.05, 3.63) is 28.9 Å². The summed E-state index contributed by atoms with van der Waals surface area (Å²) in [6.45, 7) is 3.32. The van der Waals surface area contributed by atoms with Gasteiger partial charge in [0.05, 0.1) is 11.7 Å². The number of aromatic nitrogens is 2. The van der Waals surface area contributed by atoms with E-state index in [0.29, 0.717) is 5.92 Å². The quantitative estimate of drug-likeness (QED) is 0.861. The lowest BCUT2D eigenvalue weighted by Gasteiger charge is -2.44. The molecule has 0 unspecified atom stereocenters. The van der Waals surface area contributed by atoms with Crippen molar-refractivity contribution in [2.24, 2.45) is 5.92 Å². The van der Waals surface area contributed by atoms with Crippen molar-refractivity contribution < 1.29 is 4.79 Å². The van der Waals surface area contributed by atoms with Crippen molar-refractivity contribution in [2.75, 3.05) is 19.6 Å². The van der Waals surface area contributed by atoms with Gasteiger partial charge in [-0.3, -0.25) is 0 Å². The maximum Gasteiger partial charge on any atom is 0.342 e. The van der Waals surface area contributed by atoms with E-state index in [2.05, 4.69) is 31.2 Å². The van der Waals surface area contributed by atoms with E-state index in [0.717, 1.165) is 21.9 Å². The second kappa shape index (κ2) is 5.10. The number of benzene rings is 1. The first-order valence-electron chi connectivity index (χ1n) is 7.37. The molecule has 1 atom stereocenters. The average molecular weight is 349 g/mol. The van der Waals surface area contributed by atoms with Gasteiger partial charge in [0.25, 0.3) is 0 Å². The first kappa shape index (κ1) is 13.3. The maximum atomic E-state index is 12.5. The largest absolute Gasteiger partial charge is 0.342 e. The van der Waals surface area contributed by atoms with Gasteiger partial charge in [-0.05, 0) is 44.0 Å². The molecule has 0 radical (unpaired) electrons. The molecule has 2 aromatic rings. The predicted octanol–water partition coefficient (Wildman–Crippen LogP) is 2.45. The van der Waals surface area contributed by atoms with Crippen molar-refractivity contribution in [3.63, 3.8) is 0 Å². The van der Waals surface area contributed by atoms with Crippen molar-refractivity contribution in [1.29, 1.82) is 0 Å². The molecule has 3 saturated heterocycles. The van der Waals surface area contributed by atoms with Gasteiger partial charge in [-0.25, -0.2) is 4.79 Å². The topological polar surface area (TPSA) is 50.2 Å². The molecule has 21 heavy (non-hydrogen) atoms. The number of amides is 1. The molecule has 6 heteroatoms. The number of carbonyl (C=O) groups is 1. The van der Waals surface area contributed by atoms with Crippen LogP contribution >= 0.6 is 15.9 Å². The standard InChI is InChI=1S/C15H17BrN4O/c16-12-2-1-11-8-17-20(14(11)7-12)15(21)18-13-9-19-5-3-10(13)4-6-19/h1-2,7-8,10,13H,3-6,9H2,(H,18,21)/t13-/m0/s1. The van der Waals surface area contributed by atoms with Gasteiger partial charge in [-0.1, -0.05) is 22.0 Å². The van der Waals surface area contributed by atoms with E-state index in [9.17, 15) is 4.79 Å². The zero-order valence-corrected chi connectivity index (χ0v) is 13.2. The molecule has 0 saturated carbocycles. The molecule has 1 N–H and O–H groups in total. The number of hydrogen-bond donors (Lipinski definition) is 1. The Kier molecular flexibility index (Phi) is 3.23. The molecule has 4 heterocycles. The first-order valence-corrected chi connectivity index (χ1v) is 8.16. The number of nitrogens with one attached hydrogen (secondary N) is 1. The third-order valence-corrected chi connectivity index (χ3v) is 5.18. The molecule has 3 aliphatic rings. The molecule has 0 aliphatic carbocycles. The van der Waals surface area contributed by atoms with Gasteiger partial charge in [0, 0.05) is 22.4 Å². The molecule has 1 amide bonds. The van der Waals surface area contributed by atoms with Crippen LogP contribution in [0.2, 0.25) is 0 Å². The van der Waals surface area contributed by atoms with Gasteiger partial charge >= 0.3 is 6.03 Å². The minimum Gasteiger partial charge on any atom is -0.332 e. The van der Waals surface area contributed by atoms with Crippen LogP contribution in [0.1, 0.15) is 12.8 Å². The minimum absolute atomic E-state index is 0.123. The highest BCUT2D eigenvalue weighted by molar-refractivity contribution is 9.10. The average Bonchev–Trinajstić information content (AvgIpc) is 2.91. The normalized spacial score (nSPS) is 28.0. The zero-order valence-electron chi connectivity index (χ0n) is 11.6. The van der Waals surface area contributed by atoms with Crippen LogP contribution in [0.5, 0.6) is 0 Å². The summed E-state index contributed by atoms with van der Waals surface area (Å²) in [7, 11) is 0. The fraction of sp³-hybridized carbons (Fsp3) is 0.467. The summed E-state index contributed by atoms with van der Waals surface area (Å²) in [5.41, 5.74) is 0.836. The van der Waals surface area contributed by atoms with Crippen LogP contribution in [0.25, 0.3) is 10.9 Å². The van der Waals surface area contributed by atoms with E-state index in [1.54, 1.807) is 6.20 Å². The lowest BCUT2D eigenvalue weighted by atomic mass is 9.84. The van der Waals surface area contributed by atoms with E-state index >= 15 is 0 Å². The molecular formula is C15H17BrN4O. The van der Waals surface area contributed by atoms with Crippen molar-refractivity contribution >= 4 is 32.9 Å². The van der Waals surface area contributed by atoms with Crippen LogP contribution in [0.4, 0.5) is 4.79 Å². The van der Waals surface area contributed by atoms with Gasteiger partial charge in [0.1, 0.15) is 0 Å². The summed E-state index contributed by atoms with van der Waals surface area (Å²) >= 11 is 3.45. The molecule has 3 fully saturated rings. The van der Waals surface area contributed by atoms with Crippen LogP contribution in [-0.4, -0.2) is 46.4 Å². The van der Waals surface area contributed by atoms with Gasteiger partial charge < -0.3 is 10.2 Å². The molecule has 0 spiro atoms. The monoisotopic (exact) mass is 348 g/mol. The third kappa shape index (κ3) is 2.36. The number of carbonyl (C=O) groups excluding carboxylic acids is 1. The predicted molar refractivity (Wildman–Crippen MR) is 84.3 cm³/mol. The molecule has 1 aromatic carbocycles. The number of hydrogen-bond acceptors (Lipinski definition) is 3. The van der Waals surface area contributed by atoms with Crippen molar-refractivity contribution in [1.82, 2.24) is 20.0 Å². The van der Waals surface area contributed by atoms with Gasteiger partial charge in [-0.15, -0.1) is 0 Å². The minimum atomic E-state index is -0.123. The van der Waals surface area contributed by atoms with Crippen LogP contribution in [-0.2, 0) is 0 Å². The summed E-state index contributed by atoms with van der Waals surface area (Å²) in [6.07, 6.45) is 4.12. The SMILES string of the molecule is O=C(N[C@H]1CN2CCC1CC2)n1ncc2ccc(Br)cc21. The van der Waals surface area contributed by atoms with E-state index < -0.39 is 0 Å². The first-order chi connectivity index (χ1) is 10.2. The maximum absolute atomic E-state index is 12.5. The Morgan fingerprint density at radius 1 is 1.33 bits per heavy atom. The fourth-order valence-corrected chi connectivity index (χ4v) is 3.85. The second-order valence-corrected chi connectivity index (χ2v) is 6.87. The van der Waals surface area contributed by atoms with E-state index in [1.807, 2.05) is 18.2 Å². The smallest absolute Gasteiger partial charge is 0.332 e. The Bertz CT molecular complexity index is 690. The van der Waals surface area contributed by atoms with Gasteiger partial charge in [0.15, 0.2) is 0 Å². The van der Waals surface area contributed by atoms with E-state index in [1.165, 1.54) is 30.6 Å². The van der Waals surface area contributed by atoms with E-state index in [4.69, 9.17) is 0 Å². The highest BCUT2D eigenvalue weighted by atomic mass is 79.9. The van der Waals surface area contributed by atoms with E-state index in [-0.39, 0.29) is 12.1 Å². The van der Waals surface area contributed by atoms with Crippen LogP contribution in [0, 0.1) is 5.92 Å². The van der Waals surface area contributed by atoms with Crippen LogP contribution < -0.4 is 5.32 Å².